The minimum Gasteiger partial charge on any atom is -0.363 e. The van der Waals surface area contributed by atoms with Gasteiger partial charge in [-0.05, 0) is 60.2 Å². The highest BCUT2D eigenvalue weighted by Gasteiger charge is 2.40. The highest BCUT2D eigenvalue weighted by molar-refractivity contribution is 9.10. The van der Waals surface area contributed by atoms with Gasteiger partial charge in [-0.2, -0.15) is 0 Å². The van der Waals surface area contributed by atoms with Crippen molar-refractivity contribution in [2.45, 2.75) is 32.2 Å². The number of hydrogen-bond acceptors (Lipinski definition) is 3. The number of nitrogens with zero attached hydrogens (tertiary/aromatic N) is 1. The van der Waals surface area contributed by atoms with Crippen LogP contribution in [0.2, 0.25) is 0 Å². The molecule has 1 unspecified atom stereocenters. The molecule has 0 aromatic carbocycles. The van der Waals surface area contributed by atoms with Gasteiger partial charge in [-0.15, -0.1) is 0 Å². The normalized spacial score (nSPS) is 19.2. The monoisotopic (exact) mass is 283 g/mol. The van der Waals surface area contributed by atoms with Crippen LogP contribution < -0.4 is 11.1 Å². The molecule has 2 rings (SSSR count). The number of nitrogens with one attached hydrogen (secondary N) is 1. The molecule has 1 saturated carbocycles. The number of nitrogens with two attached hydrogens (primary N) is 1. The van der Waals surface area contributed by atoms with E-state index < -0.39 is 0 Å². The molecule has 1 heterocycles. The van der Waals surface area contributed by atoms with Gasteiger partial charge >= 0.3 is 0 Å². The largest absolute Gasteiger partial charge is 0.363 e. The fourth-order valence-electron chi connectivity index (χ4n) is 1.98. The molecule has 1 aliphatic carbocycles. The summed E-state index contributed by atoms with van der Waals surface area (Å²) in [6, 6.07) is 2.07. The lowest BCUT2D eigenvalue weighted by Crippen LogP contribution is -2.45. The first-order valence-electron chi connectivity index (χ1n) is 5.65. The molecule has 0 aliphatic heterocycles. The molecule has 1 aliphatic rings. The van der Waals surface area contributed by atoms with Crippen LogP contribution in [0.1, 0.15) is 25.3 Å². The Hall–Kier alpha value is -0.610. The highest BCUT2D eigenvalue weighted by atomic mass is 79.9. The van der Waals surface area contributed by atoms with Gasteiger partial charge in [0.1, 0.15) is 5.82 Å². The molecule has 0 spiro atoms. The first-order valence-corrected chi connectivity index (χ1v) is 6.45. The van der Waals surface area contributed by atoms with Gasteiger partial charge in [0.25, 0.3) is 0 Å². The fourth-order valence-corrected chi connectivity index (χ4v) is 2.43. The third-order valence-corrected chi connectivity index (χ3v) is 3.78. The van der Waals surface area contributed by atoms with Crippen molar-refractivity contribution in [1.82, 2.24) is 4.98 Å². The summed E-state index contributed by atoms with van der Waals surface area (Å²) < 4.78 is 1.01. The average molecular weight is 284 g/mol. The quantitative estimate of drug-likeness (QED) is 0.893. The number of rotatable bonds is 4. The van der Waals surface area contributed by atoms with E-state index in [-0.39, 0.29) is 5.54 Å². The molecule has 3 nitrogen and oxygen atoms in total. The van der Waals surface area contributed by atoms with Gasteiger partial charge in [0.2, 0.25) is 0 Å². The molecule has 1 atom stereocenters. The van der Waals surface area contributed by atoms with Gasteiger partial charge in [-0.1, -0.05) is 0 Å². The number of halogens is 1. The molecule has 88 valence electrons. The number of aryl methyl sites for hydroxylation is 1. The van der Waals surface area contributed by atoms with Crippen LogP contribution in [-0.4, -0.2) is 17.1 Å². The number of anilines is 1. The summed E-state index contributed by atoms with van der Waals surface area (Å²) in [5, 5.41) is 3.51. The molecule has 1 aromatic heterocycles. The van der Waals surface area contributed by atoms with Crippen molar-refractivity contribution in [2.75, 3.05) is 11.9 Å². The molecule has 1 aromatic rings. The Labute approximate surface area is 105 Å². The highest BCUT2D eigenvalue weighted by Crippen LogP contribution is 2.41. The first kappa shape index (κ1) is 11.9. The van der Waals surface area contributed by atoms with E-state index in [0.717, 1.165) is 15.9 Å². The van der Waals surface area contributed by atoms with E-state index >= 15 is 0 Å². The van der Waals surface area contributed by atoms with Crippen molar-refractivity contribution >= 4 is 21.7 Å². The smallest absolute Gasteiger partial charge is 0.129 e. The third-order valence-electron chi connectivity index (χ3n) is 3.35. The Bertz CT molecular complexity index is 390. The van der Waals surface area contributed by atoms with Gasteiger partial charge in [0.15, 0.2) is 0 Å². The SMILES string of the molecule is Cc1cc(Br)cnc1NC(C)(CN)C1CC1. The van der Waals surface area contributed by atoms with Crippen LogP contribution in [0.25, 0.3) is 0 Å². The van der Waals surface area contributed by atoms with E-state index in [1.54, 1.807) is 0 Å². The Kier molecular flexibility index (Phi) is 3.22. The van der Waals surface area contributed by atoms with Gasteiger partial charge < -0.3 is 11.1 Å². The number of pyridine rings is 1. The second kappa shape index (κ2) is 4.34. The lowest BCUT2D eigenvalue weighted by atomic mass is 9.96. The van der Waals surface area contributed by atoms with Crippen molar-refractivity contribution in [1.29, 1.82) is 0 Å². The Morgan fingerprint density at radius 2 is 2.31 bits per heavy atom. The third kappa shape index (κ3) is 2.38. The van der Waals surface area contributed by atoms with Crippen molar-refractivity contribution in [2.24, 2.45) is 11.7 Å². The van der Waals surface area contributed by atoms with E-state index in [1.165, 1.54) is 12.8 Å². The first-order chi connectivity index (χ1) is 7.55. The summed E-state index contributed by atoms with van der Waals surface area (Å²) in [7, 11) is 0. The topological polar surface area (TPSA) is 50.9 Å². The van der Waals surface area contributed by atoms with Gasteiger partial charge in [0, 0.05) is 17.2 Å². The van der Waals surface area contributed by atoms with Crippen LogP contribution in [0.5, 0.6) is 0 Å². The standard InChI is InChI=1S/C12H18BrN3/c1-8-5-10(13)6-15-11(8)16-12(2,7-14)9-3-4-9/h5-6,9H,3-4,7,14H2,1-2H3,(H,15,16). The summed E-state index contributed by atoms with van der Waals surface area (Å²) >= 11 is 3.42. The molecule has 0 radical (unpaired) electrons. The van der Waals surface area contributed by atoms with Crippen LogP contribution in [0, 0.1) is 12.8 Å². The maximum Gasteiger partial charge on any atom is 0.129 e. The van der Waals surface area contributed by atoms with Crippen molar-refractivity contribution in [3.05, 3.63) is 22.3 Å². The molecule has 4 heteroatoms. The molecular weight excluding hydrogens is 266 g/mol. The van der Waals surface area contributed by atoms with E-state index in [1.807, 2.05) is 6.20 Å². The van der Waals surface area contributed by atoms with Crippen molar-refractivity contribution in [3.63, 3.8) is 0 Å². The van der Waals surface area contributed by atoms with Gasteiger partial charge in [0.05, 0.1) is 5.54 Å². The van der Waals surface area contributed by atoms with E-state index in [2.05, 4.69) is 46.1 Å². The average Bonchev–Trinajstić information content (AvgIpc) is 3.06. The second-order valence-electron chi connectivity index (χ2n) is 4.84. The summed E-state index contributed by atoms with van der Waals surface area (Å²) in [6.45, 7) is 4.90. The maximum atomic E-state index is 5.88. The van der Waals surface area contributed by atoms with E-state index in [4.69, 9.17) is 5.73 Å². The van der Waals surface area contributed by atoms with Crippen LogP contribution >= 0.6 is 15.9 Å². The molecule has 1 fully saturated rings. The van der Waals surface area contributed by atoms with Crippen LogP contribution in [0.15, 0.2) is 16.7 Å². The Morgan fingerprint density at radius 1 is 1.62 bits per heavy atom. The lowest BCUT2D eigenvalue weighted by Gasteiger charge is -2.30. The fraction of sp³-hybridized carbons (Fsp3) is 0.583. The molecule has 0 saturated heterocycles. The van der Waals surface area contributed by atoms with Gasteiger partial charge in [-0.3, -0.25) is 0 Å². The molecule has 16 heavy (non-hydrogen) atoms. The second-order valence-corrected chi connectivity index (χ2v) is 5.76. The predicted molar refractivity (Wildman–Crippen MR) is 70.5 cm³/mol. The van der Waals surface area contributed by atoms with Crippen molar-refractivity contribution in [3.8, 4) is 0 Å². The zero-order chi connectivity index (χ0) is 11.8. The minimum atomic E-state index is -0.00834. The lowest BCUT2D eigenvalue weighted by molar-refractivity contribution is 0.457. The molecule has 0 bridgehead atoms. The predicted octanol–water partition coefficient (Wildman–Crippen LogP) is 2.69. The number of hydrogen-bond donors (Lipinski definition) is 2. The Balaban J connectivity index is 2.18. The summed E-state index contributed by atoms with van der Waals surface area (Å²) in [4.78, 5) is 4.41. The van der Waals surface area contributed by atoms with E-state index in [0.29, 0.717) is 12.5 Å². The molecule has 3 N–H and O–H groups in total. The van der Waals surface area contributed by atoms with Crippen molar-refractivity contribution < 1.29 is 0 Å². The van der Waals surface area contributed by atoms with Gasteiger partial charge in [-0.25, -0.2) is 4.98 Å². The Morgan fingerprint density at radius 3 is 2.81 bits per heavy atom. The van der Waals surface area contributed by atoms with E-state index in [9.17, 15) is 0 Å². The van der Waals surface area contributed by atoms with Crippen LogP contribution in [-0.2, 0) is 0 Å². The zero-order valence-electron chi connectivity index (χ0n) is 9.76. The molecule has 0 amide bonds. The van der Waals surface area contributed by atoms with Crippen LogP contribution in [0.3, 0.4) is 0 Å². The zero-order valence-corrected chi connectivity index (χ0v) is 11.3. The summed E-state index contributed by atoms with van der Waals surface area (Å²) in [5.41, 5.74) is 7.02. The summed E-state index contributed by atoms with van der Waals surface area (Å²) in [6.07, 6.45) is 4.37. The number of aromatic nitrogens is 1. The minimum absolute atomic E-state index is 0.00834. The maximum absolute atomic E-state index is 5.88. The molecular formula is C12H18BrN3. The summed E-state index contributed by atoms with van der Waals surface area (Å²) in [5.74, 6) is 1.64. The van der Waals surface area contributed by atoms with Crippen LogP contribution in [0.4, 0.5) is 5.82 Å².